The zero-order chi connectivity index (χ0) is 27.0. The van der Waals surface area contributed by atoms with Gasteiger partial charge in [-0.25, -0.2) is 0 Å². The van der Waals surface area contributed by atoms with Crippen LogP contribution in [0.4, 0.5) is 26.3 Å². The van der Waals surface area contributed by atoms with Crippen LogP contribution in [0.5, 0.6) is 0 Å². The molecule has 39 heavy (non-hydrogen) atoms. The van der Waals surface area contributed by atoms with Gasteiger partial charge in [0.2, 0.25) is 0 Å². The molecule has 2 aliphatic rings. The third kappa shape index (κ3) is 7.80. The Kier molecular flexibility index (Phi) is 11.2. The summed E-state index contributed by atoms with van der Waals surface area (Å²) < 4.78 is 80.3. The maximum Gasteiger partial charge on any atom is 0.416 e. The first-order valence-corrected chi connectivity index (χ1v) is 12.4. The van der Waals surface area contributed by atoms with Crippen molar-refractivity contribution in [2.24, 2.45) is 0 Å². The van der Waals surface area contributed by atoms with Crippen molar-refractivity contribution in [1.29, 1.82) is 0 Å². The lowest BCUT2D eigenvalue weighted by Crippen LogP contribution is -2.54. The summed E-state index contributed by atoms with van der Waals surface area (Å²) >= 11 is 0. The van der Waals surface area contributed by atoms with Gasteiger partial charge in [0.05, 0.1) is 11.1 Å². The number of hydrogen-bond acceptors (Lipinski definition) is 3. The zero-order valence-electron chi connectivity index (χ0n) is 21.6. The number of likely N-dealkylation sites (N-methyl/N-ethyl adjacent to an activating group) is 1. The zero-order valence-corrected chi connectivity index (χ0v) is 23.2. The maximum absolute atomic E-state index is 13.4. The second-order valence-corrected chi connectivity index (χ2v) is 10.1. The highest BCUT2D eigenvalue weighted by atomic mass is 35.5. The molecule has 0 unspecified atom stereocenters. The molecule has 218 valence electrons. The second kappa shape index (κ2) is 13.1. The van der Waals surface area contributed by atoms with Crippen LogP contribution in [0.25, 0.3) is 0 Å². The van der Waals surface area contributed by atoms with E-state index in [0.29, 0.717) is 37.7 Å². The van der Waals surface area contributed by atoms with Crippen molar-refractivity contribution in [2.45, 2.75) is 56.5 Å². The number of nitrogens with one attached hydrogen (secondary N) is 1. The number of rotatable bonds is 4. The van der Waals surface area contributed by atoms with Crippen molar-refractivity contribution in [3.63, 3.8) is 0 Å². The van der Waals surface area contributed by atoms with Crippen LogP contribution in [0.2, 0.25) is 0 Å². The number of likely N-dealkylation sites (tertiary alicyclic amines) is 1. The molecule has 12 heteroatoms. The van der Waals surface area contributed by atoms with Crippen LogP contribution in [0, 0.1) is 6.92 Å². The third-order valence-corrected chi connectivity index (χ3v) is 7.59. The van der Waals surface area contributed by atoms with Crippen LogP contribution in [0.1, 0.15) is 57.8 Å². The number of benzene rings is 2. The lowest BCUT2D eigenvalue weighted by Gasteiger charge is -2.46. The SMILES string of the molecule is Cc1ccc([C@@H]2CN(C3CCNCC3)CC[C@H]2N(C)C(=O)c2cc(C(F)(F)F)cc(C(F)(F)F)c2)cc1.Cl.Cl. The molecule has 0 spiro atoms. The summed E-state index contributed by atoms with van der Waals surface area (Å²) in [5.41, 5.74) is -1.54. The first-order valence-electron chi connectivity index (χ1n) is 12.4. The van der Waals surface area contributed by atoms with E-state index in [0.717, 1.165) is 37.1 Å². The molecular weight excluding hydrogens is 567 g/mol. The standard InChI is InChI=1S/C27H31F6N3O.2ClH/c1-17-3-5-18(6-4-17)23-16-36(22-7-10-34-11-8-22)12-9-24(23)35(2)25(37)19-13-20(26(28,29)30)15-21(14-19)27(31,32)33;;/h3-6,13-15,22-24,34H,7-12,16H2,1-2H3;2*1H/t23-,24+;;/m0../s1. The summed E-state index contributed by atoms with van der Waals surface area (Å²) in [4.78, 5) is 17.1. The van der Waals surface area contributed by atoms with Gasteiger partial charge < -0.3 is 10.2 Å². The van der Waals surface area contributed by atoms with Gasteiger partial charge in [-0.05, 0) is 63.0 Å². The van der Waals surface area contributed by atoms with Gasteiger partial charge in [0.15, 0.2) is 0 Å². The predicted octanol–water partition coefficient (Wildman–Crippen LogP) is 6.56. The molecule has 2 aromatic carbocycles. The number of amides is 1. The quantitative estimate of drug-likeness (QED) is 0.404. The van der Waals surface area contributed by atoms with Crippen LogP contribution in [0.3, 0.4) is 0 Å². The molecule has 4 rings (SSSR count). The average molecular weight is 600 g/mol. The molecule has 1 N–H and O–H groups in total. The van der Waals surface area contributed by atoms with E-state index in [2.05, 4.69) is 10.2 Å². The molecule has 4 nitrogen and oxygen atoms in total. The smallest absolute Gasteiger partial charge is 0.338 e. The molecular formula is C27H33Cl2F6N3O. The summed E-state index contributed by atoms with van der Waals surface area (Å²) in [6.45, 7) is 5.17. The Morgan fingerprint density at radius 3 is 1.95 bits per heavy atom. The molecule has 0 aliphatic carbocycles. The Bertz CT molecular complexity index is 1070. The highest BCUT2D eigenvalue weighted by molar-refractivity contribution is 5.95. The normalized spacial score (nSPS) is 21.0. The Morgan fingerprint density at radius 1 is 0.897 bits per heavy atom. The fourth-order valence-electron chi connectivity index (χ4n) is 5.51. The summed E-state index contributed by atoms with van der Waals surface area (Å²) in [6, 6.07) is 9.01. The van der Waals surface area contributed by atoms with Gasteiger partial charge in [-0.1, -0.05) is 29.8 Å². The predicted molar refractivity (Wildman–Crippen MR) is 143 cm³/mol. The molecule has 0 bridgehead atoms. The molecule has 2 heterocycles. The molecule has 2 saturated heterocycles. The summed E-state index contributed by atoms with van der Waals surface area (Å²) in [5, 5.41) is 3.35. The van der Waals surface area contributed by atoms with Gasteiger partial charge in [0.25, 0.3) is 5.91 Å². The van der Waals surface area contributed by atoms with Gasteiger partial charge in [0.1, 0.15) is 0 Å². The van der Waals surface area contributed by atoms with Gasteiger partial charge in [-0.15, -0.1) is 24.8 Å². The highest BCUT2D eigenvalue weighted by Crippen LogP contribution is 2.38. The maximum atomic E-state index is 13.4. The van der Waals surface area contributed by atoms with Crippen molar-refractivity contribution in [3.8, 4) is 0 Å². The number of carbonyl (C=O) groups is 1. The Hall–Kier alpha value is -2.01. The first kappa shape index (κ1) is 33.2. The summed E-state index contributed by atoms with van der Waals surface area (Å²) in [7, 11) is 1.47. The lowest BCUT2D eigenvalue weighted by atomic mass is 9.83. The van der Waals surface area contributed by atoms with E-state index in [1.54, 1.807) is 0 Å². The second-order valence-electron chi connectivity index (χ2n) is 10.1. The minimum atomic E-state index is -5.01. The van der Waals surface area contributed by atoms with E-state index in [1.807, 2.05) is 31.2 Å². The van der Waals surface area contributed by atoms with Crippen LogP contribution < -0.4 is 5.32 Å². The van der Waals surface area contributed by atoms with E-state index in [1.165, 1.54) is 11.9 Å². The number of carbonyl (C=O) groups excluding carboxylic acids is 1. The molecule has 2 atom stereocenters. The van der Waals surface area contributed by atoms with Crippen LogP contribution >= 0.6 is 24.8 Å². The molecule has 0 saturated carbocycles. The highest BCUT2D eigenvalue weighted by Gasteiger charge is 2.40. The molecule has 0 aromatic heterocycles. The minimum absolute atomic E-state index is 0. The van der Waals surface area contributed by atoms with Crippen LogP contribution in [-0.4, -0.2) is 61.0 Å². The summed E-state index contributed by atoms with van der Waals surface area (Å²) in [5.74, 6) is -0.986. The molecule has 2 fully saturated rings. The number of nitrogens with zero attached hydrogens (tertiary/aromatic N) is 2. The number of hydrogen-bond donors (Lipinski definition) is 1. The van der Waals surface area contributed by atoms with Crippen LogP contribution in [-0.2, 0) is 12.4 Å². The molecule has 2 aliphatic heterocycles. The van der Waals surface area contributed by atoms with E-state index >= 15 is 0 Å². The van der Waals surface area contributed by atoms with Crippen molar-refractivity contribution in [1.82, 2.24) is 15.1 Å². The number of aryl methyl sites for hydroxylation is 1. The van der Waals surface area contributed by atoms with Crippen molar-refractivity contribution in [2.75, 3.05) is 33.2 Å². The first-order chi connectivity index (χ1) is 17.3. The number of halogens is 8. The molecule has 0 radical (unpaired) electrons. The Morgan fingerprint density at radius 2 is 1.44 bits per heavy atom. The Labute approximate surface area is 236 Å². The Balaban J connectivity index is 0.00000267. The van der Waals surface area contributed by atoms with E-state index in [9.17, 15) is 31.1 Å². The largest absolute Gasteiger partial charge is 0.416 e. The van der Waals surface area contributed by atoms with E-state index in [-0.39, 0.29) is 42.8 Å². The molecule has 2 aromatic rings. The van der Waals surface area contributed by atoms with Gasteiger partial charge >= 0.3 is 12.4 Å². The number of piperidine rings is 2. The fourth-order valence-corrected chi connectivity index (χ4v) is 5.51. The van der Waals surface area contributed by atoms with Crippen LogP contribution in [0.15, 0.2) is 42.5 Å². The van der Waals surface area contributed by atoms with Crippen molar-refractivity contribution >= 4 is 30.7 Å². The lowest BCUT2D eigenvalue weighted by molar-refractivity contribution is -0.143. The topological polar surface area (TPSA) is 35.6 Å². The third-order valence-electron chi connectivity index (χ3n) is 7.59. The average Bonchev–Trinajstić information content (AvgIpc) is 2.87. The summed E-state index contributed by atoms with van der Waals surface area (Å²) in [6.07, 6.45) is -7.45. The molecule has 1 amide bonds. The van der Waals surface area contributed by atoms with Gasteiger partial charge in [-0.3, -0.25) is 9.69 Å². The van der Waals surface area contributed by atoms with E-state index < -0.39 is 35.0 Å². The fraction of sp³-hybridized carbons (Fsp3) is 0.519. The monoisotopic (exact) mass is 599 g/mol. The van der Waals surface area contributed by atoms with Gasteiger partial charge in [0, 0.05) is 43.7 Å². The van der Waals surface area contributed by atoms with Gasteiger partial charge in [-0.2, -0.15) is 26.3 Å². The minimum Gasteiger partial charge on any atom is -0.338 e. The number of alkyl halides is 6. The van der Waals surface area contributed by atoms with Crippen molar-refractivity contribution in [3.05, 3.63) is 70.3 Å². The van der Waals surface area contributed by atoms with E-state index in [4.69, 9.17) is 0 Å². The van der Waals surface area contributed by atoms with Crippen molar-refractivity contribution < 1.29 is 31.1 Å².